The summed E-state index contributed by atoms with van der Waals surface area (Å²) in [5, 5.41) is 8.52. The number of carboxylic acid groups (broad SMARTS) is 1. The molecule has 0 aromatic heterocycles. The number of aliphatic carboxylic acids is 1. The summed E-state index contributed by atoms with van der Waals surface area (Å²) >= 11 is 1.64. The van der Waals surface area contributed by atoms with E-state index < -0.39 is 12.0 Å². The molecule has 1 atom stereocenters. The van der Waals surface area contributed by atoms with Crippen LogP contribution in [0.2, 0.25) is 0 Å². The van der Waals surface area contributed by atoms with Gasteiger partial charge in [0.25, 0.3) is 0 Å². The average Bonchev–Trinajstić information content (AvgIpc) is 2.12. The first-order chi connectivity index (χ1) is 6.11. The molecule has 0 fully saturated rings. The van der Waals surface area contributed by atoms with Crippen molar-refractivity contribution in [2.75, 3.05) is 11.5 Å². The molecule has 0 spiro atoms. The van der Waals surface area contributed by atoms with E-state index in [1.165, 1.54) is 0 Å². The Morgan fingerprint density at radius 1 is 1.38 bits per heavy atom. The third kappa shape index (κ3) is 5.93. The lowest BCUT2D eigenvalue weighted by molar-refractivity contribution is -0.137. The smallest absolute Gasteiger partial charge is 0.321 e. The molecular weight excluding hydrogens is 186 g/mol. The van der Waals surface area contributed by atoms with E-state index >= 15 is 0 Å². The maximum absolute atomic E-state index is 10.4. The molecule has 78 valence electrons. The Bertz CT molecular complexity index is 149. The number of nitrogens with two attached hydrogens (primary N) is 1. The molecule has 0 saturated heterocycles. The molecule has 0 radical (unpaired) electrons. The molecule has 0 amide bonds. The Morgan fingerprint density at radius 2 is 1.92 bits per heavy atom. The highest BCUT2D eigenvalue weighted by Gasteiger charge is 2.12. The average molecular weight is 205 g/mol. The third-order valence-corrected chi connectivity index (χ3v) is 3.42. The molecule has 3 N–H and O–H groups in total. The maximum atomic E-state index is 10.4. The van der Waals surface area contributed by atoms with Gasteiger partial charge in [-0.15, -0.1) is 0 Å². The molecule has 0 bridgehead atoms. The third-order valence-electron chi connectivity index (χ3n) is 2.12. The molecule has 0 rings (SSSR count). The molecule has 0 aromatic rings. The highest BCUT2D eigenvalue weighted by molar-refractivity contribution is 7.99. The molecule has 0 saturated carbocycles. The first-order valence-electron chi connectivity index (χ1n) is 4.67. The van der Waals surface area contributed by atoms with Gasteiger partial charge in [0.2, 0.25) is 0 Å². The Kier molecular flexibility index (Phi) is 7.09. The molecule has 0 aromatic carbocycles. The summed E-state index contributed by atoms with van der Waals surface area (Å²) in [4.78, 5) is 10.4. The van der Waals surface area contributed by atoms with Crippen molar-refractivity contribution in [3.63, 3.8) is 0 Å². The fourth-order valence-corrected chi connectivity index (χ4v) is 2.29. The minimum atomic E-state index is -0.906. The van der Waals surface area contributed by atoms with Crippen molar-refractivity contribution in [3.05, 3.63) is 0 Å². The topological polar surface area (TPSA) is 63.3 Å². The van der Waals surface area contributed by atoms with Crippen LogP contribution in [0.3, 0.4) is 0 Å². The fourth-order valence-electron chi connectivity index (χ4n) is 0.957. The predicted molar refractivity (Wildman–Crippen MR) is 57.0 cm³/mol. The Morgan fingerprint density at radius 3 is 2.31 bits per heavy atom. The summed E-state index contributed by atoms with van der Waals surface area (Å²) in [6.45, 7) is 4.32. The lowest BCUT2D eigenvalue weighted by Gasteiger charge is -2.12. The second-order valence-corrected chi connectivity index (χ2v) is 4.24. The van der Waals surface area contributed by atoms with Crippen molar-refractivity contribution >= 4 is 17.7 Å². The summed E-state index contributed by atoms with van der Waals surface area (Å²) in [6, 6.07) is -0.709. The van der Waals surface area contributed by atoms with Gasteiger partial charge in [0.15, 0.2) is 0 Å². The van der Waals surface area contributed by atoms with Crippen LogP contribution in [0.4, 0.5) is 0 Å². The molecule has 13 heavy (non-hydrogen) atoms. The van der Waals surface area contributed by atoms with Gasteiger partial charge < -0.3 is 10.8 Å². The second kappa shape index (κ2) is 7.21. The number of thioether (sulfide) groups is 1. The van der Waals surface area contributed by atoms with E-state index in [-0.39, 0.29) is 0 Å². The van der Waals surface area contributed by atoms with E-state index in [0.29, 0.717) is 11.7 Å². The summed E-state index contributed by atoms with van der Waals surface area (Å²) in [5.74, 6) is 1.34. The van der Waals surface area contributed by atoms with Gasteiger partial charge in [-0.3, -0.25) is 4.79 Å². The van der Waals surface area contributed by atoms with Crippen LogP contribution in [-0.4, -0.2) is 28.6 Å². The van der Waals surface area contributed by atoms with Gasteiger partial charge >= 0.3 is 5.97 Å². The van der Waals surface area contributed by atoms with E-state index in [2.05, 4.69) is 13.8 Å². The van der Waals surface area contributed by atoms with Gasteiger partial charge in [-0.1, -0.05) is 26.7 Å². The molecule has 0 aliphatic carbocycles. The van der Waals surface area contributed by atoms with Gasteiger partial charge in [-0.05, 0) is 11.7 Å². The zero-order valence-electron chi connectivity index (χ0n) is 8.32. The van der Waals surface area contributed by atoms with Crippen molar-refractivity contribution in [3.8, 4) is 0 Å². The van der Waals surface area contributed by atoms with Crippen LogP contribution < -0.4 is 5.73 Å². The number of rotatable bonds is 7. The molecule has 0 aliphatic heterocycles. The highest BCUT2D eigenvalue weighted by Crippen LogP contribution is 2.15. The lowest BCUT2D eigenvalue weighted by atomic mass is 10.1. The molecule has 4 heteroatoms. The maximum Gasteiger partial charge on any atom is 0.321 e. The van der Waals surface area contributed by atoms with Crippen molar-refractivity contribution in [2.45, 2.75) is 32.7 Å². The summed E-state index contributed by atoms with van der Waals surface area (Å²) in [6.07, 6.45) is 2.32. The van der Waals surface area contributed by atoms with Gasteiger partial charge in [0.05, 0.1) is 0 Å². The van der Waals surface area contributed by atoms with Crippen LogP contribution in [-0.2, 0) is 4.79 Å². The zero-order chi connectivity index (χ0) is 10.3. The summed E-state index contributed by atoms with van der Waals surface area (Å²) < 4.78 is 0. The van der Waals surface area contributed by atoms with Gasteiger partial charge in [0, 0.05) is 5.75 Å². The Hall–Kier alpha value is -0.220. The SMILES string of the molecule is CCC(CC)CSCC(N)C(=O)O. The zero-order valence-corrected chi connectivity index (χ0v) is 9.14. The van der Waals surface area contributed by atoms with E-state index in [1.54, 1.807) is 11.8 Å². The van der Waals surface area contributed by atoms with Crippen molar-refractivity contribution in [2.24, 2.45) is 11.7 Å². The summed E-state index contributed by atoms with van der Waals surface area (Å²) in [5.41, 5.74) is 5.37. The molecule has 3 nitrogen and oxygen atoms in total. The van der Waals surface area contributed by atoms with Crippen LogP contribution in [0.15, 0.2) is 0 Å². The largest absolute Gasteiger partial charge is 0.480 e. The molecule has 0 heterocycles. The molecule has 0 aliphatic rings. The van der Waals surface area contributed by atoms with Crippen molar-refractivity contribution in [1.29, 1.82) is 0 Å². The Balaban J connectivity index is 3.48. The van der Waals surface area contributed by atoms with Gasteiger partial charge in [-0.2, -0.15) is 11.8 Å². The fraction of sp³-hybridized carbons (Fsp3) is 0.889. The first kappa shape index (κ1) is 12.8. The van der Waals surface area contributed by atoms with Crippen LogP contribution in [0.5, 0.6) is 0 Å². The molecule has 1 unspecified atom stereocenters. The monoisotopic (exact) mass is 205 g/mol. The first-order valence-corrected chi connectivity index (χ1v) is 5.83. The highest BCUT2D eigenvalue weighted by atomic mass is 32.2. The van der Waals surface area contributed by atoms with E-state index in [0.717, 1.165) is 18.6 Å². The number of carbonyl (C=O) groups is 1. The standard InChI is InChI=1S/C9H19NO2S/c1-3-7(4-2)5-13-6-8(10)9(11)12/h7-8H,3-6,10H2,1-2H3,(H,11,12). The van der Waals surface area contributed by atoms with Crippen molar-refractivity contribution < 1.29 is 9.90 Å². The quantitative estimate of drug-likeness (QED) is 0.662. The lowest BCUT2D eigenvalue weighted by Crippen LogP contribution is -2.32. The number of carboxylic acids is 1. The van der Waals surface area contributed by atoms with Gasteiger partial charge in [-0.25, -0.2) is 0 Å². The minimum Gasteiger partial charge on any atom is -0.480 e. The predicted octanol–water partition coefficient (Wildman–Crippen LogP) is 1.57. The number of hydrogen-bond acceptors (Lipinski definition) is 3. The summed E-state index contributed by atoms with van der Waals surface area (Å²) in [7, 11) is 0. The Labute approximate surface area is 84.1 Å². The molecular formula is C9H19NO2S. The van der Waals surface area contributed by atoms with Crippen LogP contribution >= 0.6 is 11.8 Å². The van der Waals surface area contributed by atoms with E-state index in [1.807, 2.05) is 0 Å². The van der Waals surface area contributed by atoms with Crippen molar-refractivity contribution in [1.82, 2.24) is 0 Å². The van der Waals surface area contributed by atoms with Gasteiger partial charge in [0.1, 0.15) is 6.04 Å². The normalized spacial score (nSPS) is 13.2. The van der Waals surface area contributed by atoms with Crippen LogP contribution in [0.1, 0.15) is 26.7 Å². The van der Waals surface area contributed by atoms with E-state index in [9.17, 15) is 4.79 Å². The minimum absolute atomic E-state index is 0.520. The van der Waals surface area contributed by atoms with E-state index in [4.69, 9.17) is 10.8 Å². The van der Waals surface area contributed by atoms with Crippen LogP contribution in [0.25, 0.3) is 0 Å². The second-order valence-electron chi connectivity index (χ2n) is 3.16. The van der Waals surface area contributed by atoms with Crippen LogP contribution in [0, 0.1) is 5.92 Å². The number of hydrogen-bond donors (Lipinski definition) is 2.